The van der Waals surface area contributed by atoms with Crippen LogP contribution in [0.15, 0.2) is 175 Å². The van der Waals surface area contributed by atoms with E-state index in [9.17, 15) is 0 Å². The van der Waals surface area contributed by atoms with Gasteiger partial charge in [0.25, 0.3) is 0 Å². The molecule has 0 atom stereocenters. The van der Waals surface area contributed by atoms with E-state index >= 15 is 0 Å². The van der Waals surface area contributed by atoms with Gasteiger partial charge in [0.15, 0.2) is 0 Å². The third-order valence-corrected chi connectivity index (χ3v) is 7.91. The Balaban J connectivity index is 1.31. The standard InChI is InChI=1S/C41H31NO/c1-2-13-30(31-14-4-3-5-15-31)19-12-27-42(36-26-25-32-16-6-7-17-33(32)28-36)35-20-10-18-34(29-35)37-22-11-23-39-38-21-8-9-24-40(38)43-41(37)39/h2-26,28-29H,1,27H2/b19-12-,30-13+. The van der Waals surface area contributed by atoms with Gasteiger partial charge in [-0.3, -0.25) is 0 Å². The van der Waals surface area contributed by atoms with Crippen LogP contribution < -0.4 is 4.90 Å². The molecule has 7 rings (SSSR count). The number of hydrogen-bond donors (Lipinski definition) is 0. The Bertz CT molecular complexity index is 2130. The van der Waals surface area contributed by atoms with Crippen LogP contribution in [0, 0.1) is 0 Å². The van der Waals surface area contributed by atoms with E-state index in [-0.39, 0.29) is 0 Å². The van der Waals surface area contributed by atoms with Crippen molar-refractivity contribution in [3.63, 3.8) is 0 Å². The van der Waals surface area contributed by atoms with Gasteiger partial charge in [-0.2, -0.15) is 0 Å². The van der Waals surface area contributed by atoms with Crippen LogP contribution in [0.4, 0.5) is 11.4 Å². The third-order valence-electron chi connectivity index (χ3n) is 7.91. The lowest BCUT2D eigenvalue weighted by atomic mass is 10.0. The lowest BCUT2D eigenvalue weighted by Gasteiger charge is -2.25. The Morgan fingerprint density at radius 1 is 0.651 bits per heavy atom. The normalized spacial score (nSPS) is 12.0. The summed E-state index contributed by atoms with van der Waals surface area (Å²) in [5.41, 5.74) is 8.57. The highest BCUT2D eigenvalue weighted by Crippen LogP contribution is 2.38. The molecule has 0 N–H and O–H groups in total. The summed E-state index contributed by atoms with van der Waals surface area (Å²) in [5, 5.41) is 4.72. The molecule has 6 aromatic carbocycles. The molecule has 0 aliphatic heterocycles. The molecule has 2 nitrogen and oxygen atoms in total. The van der Waals surface area contributed by atoms with Crippen molar-refractivity contribution in [2.45, 2.75) is 0 Å². The molecule has 0 saturated heterocycles. The number of rotatable bonds is 8. The van der Waals surface area contributed by atoms with Gasteiger partial charge in [0, 0.05) is 34.3 Å². The molecular formula is C41H31NO. The van der Waals surface area contributed by atoms with Crippen LogP contribution in [0.25, 0.3) is 49.4 Å². The predicted octanol–water partition coefficient (Wildman–Crippen LogP) is 11.4. The molecule has 0 saturated carbocycles. The number of anilines is 2. The van der Waals surface area contributed by atoms with Gasteiger partial charge in [-0.25, -0.2) is 0 Å². The zero-order chi connectivity index (χ0) is 29.0. The molecule has 7 aromatic rings. The van der Waals surface area contributed by atoms with Crippen LogP contribution in [0.3, 0.4) is 0 Å². The Labute approximate surface area is 252 Å². The fraction of sp³-hybridized carbons (Fsp3) is 0.0244. The predicted molar refractivity (Wildman–Crippen MR) is 184 cm³/mol. The second kappa shape index (κ2) is 11.7. The Kier molecular flexibility index (Phi) is 7.17. The minimum Gasteiger partial charge on any atom is -0.455 e. The number of benzene rings is 6. The second-order valence-corrected chi connectivity index (χ2v) is 10.6. The molecule has 43 heavy (non-hydrogen) atoms. The van der Waals surface area contributed by atoms with Gasteiger partial charge in [-0.15, -0.1) is 0 Å². The largest absolute Gasteiger partial charge is 0.455 e. The maximum atomic E-state index is 6.39. The van der Waals surface area contributed by atoms with Crippen LogP contribution in [0.5, 0.6) is 0 Å². The maximum Gasteiger partial charge on any atom is 0.143 e. The topological polar surface area (TPSA) is 16.4 Å². The molecule has 0 bridgehead atoms. The highest BCUT2D eigenvalue weighted by molar-refractivity contribution is 6.09. The van der Waals surface area contributed by atoms with Gasteiger partial charge in [0.2, 0.25) is 0 Å². The third kappa shape index (κ3) is 5.27. The Morgan fingerprint density at radius 3 is 2.28 bits per heavy atom. The van der Waals surface area contributed by atoms with Crippen molar-refractivity contribution >= 4 is 49.7 Å². The minimum absolute atomic E-state index is 0.692. The Hall–Kier alpha value is -5.60. The highest BCUT2D eigenvalue weighted by Gasteiger charge is 2.14. The van der Waals surface area contributed by atoms with Gasteiger partial charge in [0.05, 0.1) is 0 Å². The van der Waals surface area contributed by atoms with E-state index in [1.54, 1.807) is 0 Å². The van der Waals surface area contributed by atoms with Gasteiger partial charge in [-0.05, 0) is 57.8 Å². The molecule has 0 spiro atoms. The Morgan fingerprint density at radius 2 is 1.40 bits per heavy atom. The SMILES string of the molecule is C=C/C=C(\C=C/CN(c1cccc(-c2cccc3c2oc2ccccc23)c1)c1ccc2ccccc2c1)c1ccccc1. The molecule has 1 aromatic heterocycles. The van der Waals surface area contributed by atoms with Crippen LogP contribution in [0.2, 0.25) is 0 Å². The van der Waals surface area contributed by atoms with Crippen molar-refractivity contribution in [3.05, 3.63) is 176 Å². The minimum atomic E-state index is 0.692. The van der Waals surface area contributed by atoms with Crippen molar-refractivity contribution in [2.75, 3.05) is 11.4 Å². The maximum absolute atomic E-state index is 6.39. The molecule has 0 amide bonds. The van der Waals surface area contributed by atoms with E-state index in [1.165, 1.54) is 10.8 Å². The highest BCUT2D eigenvalue weighted by atomic mass is 16.3. The van der Waals surface area contributed by atoms with Crippen molar-refractivity contribution in [1.29, 1.82) is 0 Å². The summed E-state index contributed by atoms with van der Waals surface area (Å²) in [6.07, 6.45) is 8.31. The number of fused-ring (bicyclic) bond motifs is 4. The molecule has 0 aliphatic carbocycles. The molecule has 2 heteroatoms. The van der Waals surface area contributed by atoms with Gasteiger partial charge >= 0.3 is 0 Å². The molecule has 0 unspecified atom stereocenters. The number of hydrogen-bond acceptors (Lipinski definition) is 2. The van der Waals surface area contributed by atoms with Crippen LogP contribution >= 0.6 is 0 Å². The summed E-state index contributed by atoms with van der Waals surface area (Å²) in [6, 6.07) is 49.0. The molecule has 0 radical (unpaired) electrons. The summed E-state index contributed by atoms with van der Waals surface area (Å²) >= 11 is 0. The molecule has 206 valence electrons. The lowest BCUT2D eigenvalue weighted by Crippen LogP contribution is -2.17. The number of para-hydroxylation sites is 2. The van der Waals surface area contributed by atoms with Crippen LogP contribution in [0.1, 0.15) is 5.56 Å². The van der Waals surface area contributed by atoms with E-state index in [0.29, 0.717) is 6.54 Å². The van der Waals surface area contributed by atoms with E-state index in [0.717, 1.165) is 55.6 Å². The monoisotopic (exact) mass is 553 g/mol. The summed E-state index contributed by atoms with van der Waals surface area (Å²) in [5.74, 6) is 0. The van der Waals surface area contributed by atoms with Crippen molar-refractivity contribution in [3.8, 4) is 11.1 Å². The van der Waals surface area contributed by atoms with E-state index in [1.807, 2.05) is 24.3 Å². The van der Waals surface area contributed by atoms with Gasteiger partial charge in [0.1, 0.15) is 11.2 Å². The second-order valence-electron chi connectivity index (χ2n) is 10.6. The summed E-state index contributed by atoms with van der Waals surface area (Å²) in [6.45, 7) is 4.63. The number of allylic oxidation sites excluding steroid dienone is 4. The smallest absolute Gasteiger partial charge is 0.143 e. The van der Waals surface area contributed by atoms with Crippen LogP contribution in [-0.2, 0) is 0 Å². The van der Waals surface area contributed by atoms with Crippen molar-refractivity contribution in [2.24, 2.45) is 0 Å². The molecular weight excluding hydrogens is 522 g/mol. The number of furan rings is 1. The van der Waals surface area contributed by atoms with Crippen molar-refractivity contribution < 1.29 is 4.42 Å². The summed E-state index contributed by atoms with van der Waals surface area (Å²) < 4.78 is 6.39. The first-order valence-electron chi connectivity index (χ1n) is 14.6. The van der Waals surface area contributed by atoms with Crippen molar-refractivity contribution in [1.82, 2.24) is 0 Å². The molecule has 0 aliphatic rings. The van der Waals surface area contributed by atoms with E-state index < -0.39 is 0 Å². The number of nitrogens with zero attached hydrogens (tertiary/aromatic N) is 1. The lowest BCUT2D eigenvalue weighted by molar-refractivity contribution is 0.670. The van der Waals surface area contributed by atoms with E-state index in [4.69, 9.17) is 4.42 Å². The fourth-order valence-electron chi connectivity index (χ4n) is 5.81. The first-order valence-corrected chi connectivity index (χ1v) is 14.6. The van der Waals surface area contributed by atoms with Gasteiger partial charge < -0.3 is 9.32 Å². The average molecular weight is 554 g/mol. The summed E-state index contributed by atoms with van der Waals surface area (Å²) in [4.78, 5) is 2.36. The molecule has 1 heterocycles. The summed E-state index contributed by atoms with van der Waals surface area (Å²) in [7, 11) is 0. The fourth-order valence-corrected chi connectivity index (χ4v) is 5.81. The first kappa shape index (κ1) is 26.3. The average Bonchev–Trinajstić information content (AvgIpc) is 3.45. The van der Waals surface area contributed by atoms with Gasteiger partial charge in [-0.1, -0.05) is 140 Å². The zero-order valence-corrected chi connectivity index (χ0v) is 23.9. The van der Waals surface area contributed by atoms with E-state index in [2.05, 4.69) is 151 Å². The van der Waals surface area contributed by atoms with Crippen LogP contribution in [-0.4, -0.2) is 6.54 Å². The first-order chi connectivity index (χ1) is 21.3. The zero-order valence-electron chi connectivity index (χ0n) is 23.9. The molecule has 0 fully saturated rings. The quantitative estimate of drug-likeness (QED) is 0.174.